The Hall–Kier alpha value is -2.38. The van der Waals surface area contributed by atoms with Gasteiger partial charge in [-0.25, -0.2) is 9.97 Å². The van der Waals surface area contributed by atoms with Gasteiger partial charge in [-0.2, -0.15) is 0 Å². The second-order valence-corrected chi connectivity index (χ2v) is 6.48. The molecule has 7 nitrogen and oxygen atoms in total. The third-order valence-electron chi connectivity index (χ3n) is 4.05. The van der Waals surface area contributed by atoms with Gasteiger partial charge in [0.15, 0.2) is 5.82 Å². The van der Waals surface area contributed by atoms with Crippen LogP contribution in [0.5, 0.6) is 0 Å². The summed E-state index contributed by atoms with van der Waals surface area (Å²) >= 11 is 0. The summed E-state index contributed by atoms with van der Waals surface area (Å²) < 4.78 is 0. The van der Waals surface area contributed by atoms with Crippen LogP contribution in [-0.2, 0) is 0 Å². The zero-order valence-corrected chi connectivity index (χ0v) is 13.9. The molecule has 1 atom stereocenters. The molecule has 7 heteroatoms. The quantitative estimate of drug-likeness (QED) is 0.889. The first-order valence-electron chi connectivity index (χ1n) is 7.86. The van der Waals surface area contributed by atoms with Gasteiger partial charge in [0.1, 0.15) is 0 Å². The lowest BCUT2D eigenvalue weighted by Crippen LogP contribution is -2.43. The number of nitrogens with zero attached hydrogens (tertiary/aromatic N) is 5. The number of aliphatic hydroxyl groups is 1. The number of amides is 1. The van der Waals surface area contributed by atoms with Crippen molar-refractivity contribution in [3.63, 3.8) is 0 Å². The smallest absolute Gasteiger partial charge is 0.257 e. The van der Waals surface area contributed by atoms with Gasteiger partial charge in [0.2, 0.25) is 0 Å². The van der Waals surface area contributed by atoms with Crippen molar-refractivity contribution < 1.29 is 9.90 Å². The summed E-state index contributed by atoms with van der Waals surface area (Å²) in [4.78, 5) is 28.7. The van der Waals surface area contributed by atoms with Crippen LogP contribution in [-0.4, -0.2) is 75.1 Å². The summed E-state index contributed by atoms with van der Waals surface area (Å²) in [5.41, 5.74) is 0.380. The summed E-state index contributed by atoms with van der Waals surface area (Å²) in [7, 11) is 3.82. The number of β-amino-alcohol motifs (C(OH)–C–C–N with tert-alkyl or cyclic N) is 1. The Bertz CT molecular complexity index is 705. The molecule has 2 aromatic heterocycles. The molecule has 0 unspecified atom stereocenters. The van der Waals surface area contributed by atoms with E-state index in [2.05, 4.69) is 15.0 Å². The van der Waals surface area contributed by atoms with Crippen molar-refractivity contribution in [3.8, 4) is 11.4 Å². The zero-order chi connectivity index (χ0) is 17.2. The molecule has 0 saturated carbocycles. The van der Waals surface area contributed by atoms with Crippen LogP contribution in [0.3, 0.4) is 0 Å². The number of likely N-dealkylation sites (N-methyl/N-ethyl adjacent to an activating group) is 1. The van der Waals surface area contributed by atoms with Gasteiger partial charge in [0.25, 0.3) is 5.91 Å². The predicted molar refractivity (Wildman–Crippen MR) is 89.3 cm³/mol. The van der Waals surface area contributed by atoms with Crippen LogP contribution >= 0.6 is 0 Å². The maximum absolute atomic E-state index is 12.6. The topological polar surface area (TPSA) is 82.5 Å². The van der Waals surface area contributed by atoms with Crippen LogP contribution < -0.4 is 0 Å². The van der Waals surface area contributed by atoms with Gasteiger partial charge in [-0.3, -0.25) is 9.78 Å². The molecule has 0 radical (unpaired) electrons. The highest BCUT2D eigenvalue weighted by Crippen LogP contribution is 2.23. The largest absolute Gasteiger partial charge is 0.387 e. The number of hydrogen-bond acceptors (Lipinski definition) is 6. The highest BCUT2D eigenvalue weighted by Gasteiger charge is 2.38. The fourth-order valence-corrected chi connectivity index (χ4v) is 3.01. The van der Waals surface area contributed by atoms with E-state index in [0.717, 1.165) is 5.56 Å². The SMILES string of the molecule is CN(C)C[C@]1(O)CCN(C(=O)c2cnc(-c3cccnc3)nc2)C1. The molecule has 0 aliphatic carbocycles. The Morgan fingerprint density at radius 3 is 2.71 bits per heavy atom. The number of aromatic nitrogens is 3. The fraction of sp³-hybridized carbons (Fsp3) is 0.412. The van der Waals surface area contributed by atoms with E-state index in [1.165, 1.54) is 12.4 Å². The van der Waals surface area contributed by atoms with E-state index in [9.17, 15) is 9.90 Å². The summed E-state index contributed by atoms with van der Waals surface area (Å²) in [6.07, 6.45) is 7.00. The minimum Gasteiger partial charge on any atom is -0.387 e. The van der Waals surface area contributed by atoms with Crippen molar-refractivity contribution in [2.45, 2.75) is 12.0 Å². The lowest BCUT2D eigenvalue weighted by atomic mass is 10.0. The number of carbonyl (C=O) groups excluding carboxylic acids is 1. The Kier molecular flexibility index (Phi) is 4.55. The average molecular weight is 327 g/mol. The van der Waals surface area contributed by atoms with Gasteiger partial charge in [-0.1, -0.05) is 0 Å². The number of hydrogen-bond donors (Lipinski definition) is 1. The Morgan fingerprint density at radius 2 is 2.08 bits per heavy atom. The second-order valence-electron chi connectivity index (χ2n) is 6.48. The minimum absolute atomic E-state index is 0.151. The molecule has 1 N–H and O–H groups in total. The molecule has 1 aliphatic heterocycles. The third kappa shape index (κ3) is 3.58. The van der Waals surface area contributed by atoms with Crippen LogP contribution in [0.2, 0.25) is 0 Å². The molecule has 1 amide bonds. The van der Waals surface area contributed by atoms with Crippen LogP contribution in [0.25, 0.3) is 11.4 Å². The van der Waals surface area contributed by atoms with Crippen molar-refractivity contribution in [1.29, 1.82) is 0 Å². The standard InChI is InChI=1S/C17H21N5O2/c1-21(2)11-17(24)5-7-22(12-17)16(23)14-9-19-15(20-10-14)13-4-3-6-18-8-13/h3-4,6,8-10,24H,5,7,11-12H2,1-2H3/t17-/m1/s1. The molecule has 2 aromatic rings. The van der Waals surface area contributed by atoms with Gasteiger partial charge < -0.3 is 14.9 Å². The molecule has 3 heterocycles. The normalized spacial score (nSPS) is 20.6. The fourth-order valence-electron chi connectivity index (χ4n) is 3.01. The molecule has 24 heavy (non-hydrogen) atoms. The second kappa shape index (κ2) is 6.62. The lowest BCUT2D eigenvalue weighted by Gasteiger charge is -2.26. The molecule has 126 valence electrons. The average Bonchev–Trinajstić information content (AvgIpc) is 2.96. The maximum atomic E-state index is 12.6. The summed E-state index contributed by atoms with van der Waals surface area (Å²) in [6.45, 7) is 1.40. The summed E-state index contributed by atoms with van der Waals surface area (Å²) in [5, 5.41) is 10.5. The molecule has 0 bridgehead atoms. The molecular formula is C17H21N5O2. The molecule has 1 fully saturated rings. The van der Waals surface area contributed by atoms with E-state index in [-0.39, 0.29) is 5.91 Å². The molecule has 3 rings (SSSR count). The Labute approximate surface area is 141 Å². The van der Waals surface area contributed by atoms with E-state index < -0.39 is 5.60 Å². The molecular weight excluding hydrogens is 306 g/mol. The maximum Gasteiger partial charge on any atom is 0.257 e. The van der Waals surface area contributed by atoms with E-state index in [1.807, 2.05) is 31.1 Å². The molecule has 1 aliphatic rings. The minimum atomic E-state index is -0.852. The van der Waals surface area contributed by atoms with Crippen LogP contribution in [0.4, 0.5) is 0 Å². The predicted octanol–water partition coefficient (Wildman–Crippen LogP) is 0.677. The Morgan fingerprint density at radius 1 is 1.33 bits per heavy atom. The lowest BCUT2D eigenvalue weighted by molar-refractivity contribution is 0.0236. The van der Waals surface area contributed by atoms with Gasteiger partial charge >= 0.3 is 0 Å². The van der Waals surface area contributed by atoms with Crippen molar-refractivity contribution in [1.82, 2.24) is 24.8 Å². The highest BCUT2D eigenvalue weighted by molar-refractivity contribution is 5.94. The van der Waals surface area contributed by atoms with E-state index in [1.54, 1.807) is 17.3 Å². The number of likely N-dealkylation sites (tertiary alicyclic amines) is 1. The first kappa shape index (κ1) is 16.5. The van der Waals surface area contributed by atoms with Crippen molar-refractivity contribution in [2.75, 3.05) is 33.7 Å². The van der Waals surface area contributed by atoms with Crippen LogP contribution in [0, 0.1) is 0 Å². The summed E-state index contributed by atoms with van der Waals surface area (Å²) in [6, 6.07) is 3.68. The van der Waals surface area contributed by atoms with Gasteiger partial charge in [0.05, 0.1) is 17.7 Å². The van der Waals surface area contributed by atoms with Crippen LogP contribution in [0.1, 0.15) is 16.8 Å². The highest BCUT2D eigenvalue weighted by atomic mass is 16.3. The van der Waals surface area contributed by atoms with Crippen molar-refractivity contribution in [2.24, 2.45) is 0 Å². The van der Waals surface area contributed by atoms with Gasteiger partial charge in [-0.05, 0) is 32.6 Å². The Balaban J connectivity index is 1.70. The van der Waals surface area contributed by atoms with E-state index in [4.69, 9.17) is 0 Å². The van der Waals surface area contributed by atoms with Crippen molar-refractivity contribution >= 4 is 5.91 Å². The number of rotatable bonds is 4. The number of pyridine rings is 1. The first-order valence-corrected chi connectivity index (χ1v) is 7.86. The van der Waals surface area contributed by atoms with E-state index in [0.29, 0.717) is 37.4 Å². The van der Waals surface area contributed by atoms with Crippen molar-refractivity contribution in [3.05, 3.63) is 42.5 Å². The first-order chi connectivity index (χ1) is 11.5. The van der Waals surface area contributed by atoms with Crippen LogP contribution in [0.15, 0.2) is 36.9 Å². The van der Waals surface area contributed by atoms with Gasteiger partial charge in [-0.15, -0.1) is 0 Å². The monoisotopic (exact) mass is 327 g/mol. The summed E-state index contributed by atoms with van der Waals surface area (Å²) in [5.74, 6) is 0.382. The third-order valence-corrected chi connectivity index (χ3v) is 4.05. The molecule has 1 saturated heterocycles. The number of carbonyl (C=O) groups is 1. The molecule has 0 aromatic carbocycles. The molecule has 0 spiro atoms. The van der Waals surface area contributed by atoms with Gasteiger partial charge in [0, 0.05) is 43.4 Å². The van der Waals surface area contributed by atoms with E-state index >= 15 is 0 Å². The zero-order valence-electron chi connectivity index (χ0n) is 13.9.